The Morgan fingerprint density at radius 2 is 1.66 bits per heavy atom. The second kappa shape index (κ2) is 13.2. The Labute approximate surface area is 193 Å². The van der Waals surface area contributed by atoms with Gasteiger partial charge in [-0.3, -0.25) is 4.79 Å². The van der Waals surface area contributed by atoms with Crippen molar-refractivity contribution in [1.29, 1.82) is 0 Å². The Hall–Kier alpha value is -2.39. The summed E-state index contributed by atoms with van der Waals surface area (Å²) in [7, 11) is 0. The highest BCUT2D eigenvalue weighted by Crippen LogP contribution is 2.19. The van der Waals surface area contributed by atoms with Crippen molar-refractivity contribution in [2.45, 2.75) is 38.3 Å². The summed E-state index contributed by atoms with van der Waals surface area (Å²) < 4.78 is 46.6. The zero-order valence-corrected chi connectivity index (χ0v) is 19.0. The van der Waals surface area contributed by atoms with Crippen LogP contribution in [0.25, 0.3) is 0 Å². The third-order valence-electron chi connectivity index (χ3n) is 4.50. The Morgan fingerprint density at radius 1 is 0.938 bits per heavy atom. The average molecular weight is 516 g/mol. The predicted molar refractivity (Wildman–Crippen MR) is 117 cm³/mol. The largest absolute Gasteiger partial charge is 0.494 e. The summed E-state index contributed by atoms with van der Waals surface area (Å²) in [6.07, 6.45) is -2.05. The van der Waals surface area contributed by atoms with Gasteiger partial charge in [-0.05, 0) is 61.6 Å². The molecule has 0 spiro atoms. The van der Waals surface area contributed by atoms with Gasteiger partial charge in [0.15, 0.2) is 0 Å². The SMILES string of the molecule is O=C(CCNCCCc1ccc(OCCCc2ccccc2Br)cc1)OC(=O)C(F)(F)F. The van der Waals surface area contributed by atoms with E-state index in [4.69, 9.17) is 4.74 Å². The van der Waals surface area contributed by atoms with Gasteiger partial charge < -0.3 is 14.8 Å². The first kappa shape index (κ1) is 25.9. The molecule has 0 aromatic heterocycles. The summed E-state index contributed by atoms with van der Waals surface area (Å²) in [6, 6.07) is 16.0. The van der Waals surface area contributed by atoms with Gasteiger partial charge in [0.05, 0.1) is 13.0 Å². The number of benzene rings is 2. The van der Waals surface area contributed by atoms with Gasteiger partial charge in [0.25, 0.3) is 0 Å². The molecule has 0 aliphatic carbocycles. The third kappa shape index (κ3) is 9.82. The van der Waals surface area contributed by atoms with Crippen LogP contribution in [0.4, 0.5) is 13.2 Å². The van der Waals surface area contributed by atoms with Gasteiger partial charge >= 0.3 is 18.1 Å². The smallest absolute Gasteiger partial charge is 0.491 e. The van der Waals surface area contributed by atoms with Crippen LogP contribution in [0.15, 0.2) is 53.0 Å². The molecule has 0 fully saturated rings. The van der Waals surface area contributed by atoms with Crippen LogP contribution in [0.2, 0.25) is 0 Å². The molecule has 2 rings (SSSR count). The van der Waals surface area contributed by atoms with Crippen LogP contribution >= 0.6 is 15.9 Å². The molecule has 0 saturated carbocycles. The summed E-state index contributed by atoms with van der Waals surface area (Å²) >= 11 is 3.54. The molecular weight excluding hydrogens is 491 g/mol. The average Bonchev–Trinajstić information content (AvgIpc) is 2.75. The summed E-state index contributed by atoms with van der Waals surface area (Å²) in [5.74, 6) is -2.88. The molecule has 9 heteroatoms. The lowest BCUT2D eigenvalue weighted by molar-refractivity contribution is -0.201. The minimum absolute atomic E-state index is 0.135. The number of halogens is 4. The van der Waals surface area contributed by atoms with E-state index in [0.29, 0.717) is 13.2 Å². The molecule has 0 radical (unpaired) electrons. The summed E-state index contributed by atoms with van der Waals surface area (Å²) in [5.41, 5.74) is 2.38. The molecule has 0 heterocycles. The Balaban J connectivity index is 1.55. The van der Waals surface area contributed by atoms with Crippen molar-refractivity contribution in [3.8, 4) is 5.75 Å². The molecular formula is C23H25BrF3NO4. The fraction of sp³-hybridized carbons (Fsp3) is 0.391. The molecule has 5 nitrogen and oxygen atoms in total. The first-order chi connectivity index (χ1) is 15.3. The number of carbonyl (C=O) groups is 2. The van der Waals surface area contributed by atoms with E-state index in [2.05, 4.69) is 32.0 Å². The summed E-state index contributed by atoms with van der Waals surface area (Å²) in [4.78, 5) is 21.7. The van der Waals surface area contributed by atoms with Crippen LogP contribution in [0.5, 0.6) is 5.75 Å². The number of hydrogen-bond donors (Lipinski definition) is 1. The van der Waals surface area contributed by atoms with Crippen LogP contribution in [-0.4, -0.2) is 37.8 Å². The lowest BCUT2D eigenvalue weighted by Crippen LogP contribution is -2.29. The minimum Gasteiger partial charge on any atom is -0.494 e. The second-order valence-corrected chi connectivity index (χ2v) is 7.90. The maximum atomic E-state index is 12.0. The molecule has 0 aliphatic rings. The molecule has 2 aromatic carbocycles. The number of aryl methyl sites for hydroxylation is 2. The van der Waals surface area contributed by atoms with Crippen molar-refractivity contribution >= 4 is 27.9 Å². The number of hydrogen-bond acceptors (Lipinski definition) is 5. The van der Waals surface area contributed by atoms with Crippen LogP contribution in [0, 0.1) is 0 Å². The molecule has 0 saturated heterocycles. The van der Waals surface area contributed by atoms with Crippen molar-refractivity contribution in [2.75, 3.05) is 19.7 Å². The first-order valence-corrected chi connectivity index (χ1v) is 11.0. The van der Waals surface area contributed by atoms with Gasteiger partial charge in [0.1, 0.15) is 5.75 Å². The molecule has 1 N–H and O–H groups in total. The quantitative estimate of drug-likeness (QED) is 0.244. The summed E-state index contributed by atoms with van der Waals surface area (Å²) in [6.45, 7) is 1.34. The molecule has 174 valence electrons. The fourth-order valence-corrected chi connectivity index (χ4v) is 3.33. The van der Waals surface area contributed by atoms with Crippen LogP contribution in [0.3, 0.4) is 0 Å². The zero-order valence-electron chi connectivity index (χ0n) is 17.4. The fourth-order valence-electron chi connectivity index (χ4n) is 2.85. The Kier molecular flexibility index (Phi) is 10.7. The standard InChI is InChI=1S/C23H25BrF3NO4/c24-20-8-2-1-6-18(20)7-4-16-31-19-11-9-17(10-12-19)5-3-14-28-15-13-21(29)32-22(30)23(25,26)27/h1-2,6,8-12,28H,3-5,7,13-16H2. The topological polar surface area (TPSA) is 64.6 Å². The Morgan fingerprint density at radius 3 is 2.34 bits per heavy atom. The van der Waals surface area contributed by atoms with E-state index in [9.17, 15) is 22.8 Å². The first-order valence-electron chi connectivity index (χ1n) is 10.2. The lowest BCUT2D eigenvalue weighted by atomic mass is 10.1. The highest BCUT2D eigenvalue weighted by Gasteiger charge is 2.42. The molecule has 0 aliphatic heterocycles. The maximum absolute atomic E-state index is 12.0. The van der Waals surface area contributed by atoms with Crippen molar-refractivity contribution in [2.24, 2.45) is 0 Å². The number of ether oxygens (including phenoxy) is 2. The highest BCUT2D eigenvalue weighted by atomic mass is 79.9. The van der Waals surface area contributed by atoms with E-state index < -0.39 is 18.1 Å². The molecule has 2 aromatic rings. The van der Waals surface area contributed by atoms with Gasteiger partial charge in [-0.25, -0.2) is 4.79 Å². The molecule has 0 atom stereocenters. The lowest BCUT2D eigenvalue weighted by Gasteiger charge is -2.09. The van der Waals surface area contributed by atoms with Gasteiger partial charge in [-0.1, -0.05) is 46.3 Å². The van der Waals surface area contributed by atoms with Gasteiger partial charge in [-0.2, -0.15) is 13.2 Å². The van der Waals surface area contributed by atoms with Gasteiger partial charge in [-0.15, -0.1) is 0 Å². The van der Waals surface area contributed by atoms with Crippen molar-refractivity contribution in [3.05, 3.63) is 64.1 Å². The van der Waals surface area contributed by atoms with E-state index >= 15 is 0 Å². The molecule has 32 heavy (non-hydrogen) atoms. The third-order valence-corrected chi connectivity index (χ3v) is 5.28. The van der Waals surface area contributed by atoms with Crippen LogP contribution in [-0.2, 0) is 27.2 Å². The Bertz CT molecular complexity index is 872. The van der Waals surface area contributed by atoms with E-state index in [1.807, 2.05) is 42.5 Å². The van der Waals surface area contributed by atoms with E-state index in [1.165, 1.54) is 5.56 Å². The number of carbonyl (C=O) groups excluding carboxylic acids is 2. The molecule has 0 bridgehead atoms. The van der Waals surface area contributed by atoms with Gasteiger partial charge in [0.2, 0.25) is 0 Å². The van der Waals surface area contributed by atoms with Crippen molar-refractivity contribution < 1.29 is 32.2 Å². The second-order valence-electron chi connectivity index (χ2n) is 7.05. The number of rotatable bonds is 12. The molecule has 0 amide bonds. The van der Waals surface area contributed by atoms with E-state index in [1.54, 1.807) is 0 Å². The number of esters is 2. The number of nitrogens with one attached hydrogen (secondary N) is 1. The predicted octanol–water partition coefficient (Wildman–Crippen LogP) is 5.01. The van der Waals surface area contributed by atoms with E-state index in [0.717, 1.165) is 41.5 Å². The maximum Gasteiger partial charge on any atom is 0.491 e. The highest BCUT2D eigenvalue weighted by molar-refractivity contribution is 9.10. The van der Waals surface area contributed by atoms with Crippen molar-refractivity contribution in [3.63, 3.8) is 0 Å². The van der Waals surface area contributed by atoms with Gasteiger partial charge in [0, 0.05) is 11.0 Å². The minimum atomic E-state index is -5.16. The van der Waals surface area contributed by atoms with Crippen molar-refractivity contribution in [1.82, 2.24) is 5.32 Å². The van der Waals surface area contributed by atoms with E-state index in [-0.39, 0.29) is 13.0 Å². The number of alkyl halides is 3. The van der Waals surface area contributed by atoms with Crippen LogP contribution in [0.1, 0.15) is 30.4 Å². The monoisotopic (exact) mass is 515 g/mol. The zero-order chi connectivity index (χ0) is 23.4. The van der Waals surface area contributed by atoms with Crippen LogP contribution < -0.4 is 10.1 Å². The normalized spacial score (nSPS) is 11.2. The molecule has 0 unspecified atom stereocenters. The summed E-state index contributed by atoms with van der Waals surface area (Å²) in [5, 5.41) is 2.94.